The summed E-state index contributed by atoms with van der Waals surface area (Å²) in [6, 6.07) is 5.10. The summed E-state index contributed by atoms with van der Waals surface area (Å²) in [7, 11) is 1.94. The molecule has 1 aliphatic carbocycles. The Bertz CT molecular complexity index is 462. The van der Waals surface area contributed by atoms with E-state index in [9.17, 15) is 10.1 Å². The van der Waals surface area contributed by atoms with Crippen molar-refractivity contribution < 1.29 is 9.66 Å². The van der Waals surface area contributed by atoms with Gasteiger partial charge in [-0.2, -0.15) is 0 Å². The number of nitro benzene ring substituents is 1. The minimum atomic E-state index is -0.386. The Kier molecular flexibility index (Phi) is 4.37. The average molecular weight is 264 g/mol. The molecule has 0 aliphatic heterocycles. The minimum Gasteiger partial charge on any atom is -0.488 e. The van der Waals surface area contributed by atoms with Gasteiger partial charge in [0, 0.05) is 12.1 Å². The summed E-state index contributed by atoms with van der Waals surface area (Å²) in [6.07, 6.45) is 4.54. The molecule has 2 unspecified atom stereocenters. The molecule has 1 aliphatic rings. The predicted molar refractivity (Wildman–Crippen MR) is 73.6 cm³/mol. The van der Waals surface area contributed by atoms with Gasteiger partial charge in [-0.15, -0.1) is 0 Å². The van der Waals surface area contributed by atoms with Gasteiger partial charge in [0.15, 0.2) is 0 Å². The number of hydrogen-bond donors (Lipinski definition) is 1. The third-order valence-corrected chi connectivity index (χ3v) is 3.73. The fraction of sp³-hybridized carbons (Fsp3) is 0.571. The minimum absolute atomic E-state index is 0.0809. The van der Waals surface area contributed by atoms with Crippen LogP contribution in [0, 0.1) is 17.0 Å². The summed E-state index contributed by atoms with van der Waals surface area (Å²) >= 11 is 0. The summed E-state index contributed by atoms with van der Waals surface area (Å²) in [4.78, 5) is 10.4. The van der Waals surface area contributed by atoms with E-state index >= 15 is 0 Å². The molecule has 0 heterocycles. The lowest BCUT2D eigenvalue weighted by atomic mass is 9.92. The number of likely N-dealkylation sites (N-methyl/N-ethyl adjacent to an activating group) is 1. The van der Waals surface area contributed by atoms with Crippen LogP contribution in [0.3, 0.4) is 0 Å². The molecule has 0 aromatic heterocycles. The van der Waals surface area contributed by atoms with E-state index in [0.717, 1.165) is 24.8 Å². The molecule has 1 aromatic rings. The number of nitrogens with one attached hydrogen (secondary N) is 1. The van der Waals surface area contributed by atoms with Crippen LogP contribution in [0.2, 0.25) is 0 Å². The standard InChI is InChI=1S/C14H20N2O3/c1-10-7-8-11(16(17)18)9-14(10)19-13-6-4-3-5-12(13)15-2/h7-9,12-13,15H,3-6H2,1-2H3. The van der Waals surface area contributed by atoms with E-state index in [1.54, 1.807) is 6.07 Å². The van der Waals surface area contributed by atoms with Crippen LogP contribution in [0.1, 0.15) is 31.2 Å². The Labute approximate surface area is 113 Å². The van der Waals surface area contributed by atoms with Crippen molar-refractivity contribution in [3.63, 3.8) is 0 Å². The maximum atomic E-state index is 10.8. The topological polar surface area (TPSA) is 64.4 Å². The zero-order valence-corrected chi connectivity index (χ0v) is 11.4. The number of rotatable bonds is 4. The normalized spacial score (nSPS) is 23.1. The molecule has 5 nitrogen and oxygen atoms in total. The molecule has 2 atom stereocenters. The maximum Gasteiger partial charge on any atom is 0.273 e. The number of ether oxygens (including phenoxy) is 1. The Morgan fingerprint density at radius 1 is 1.37 bits per heavy atom. The molecule has 0 saturated heterocycles. The van der Waals surface area contributed by atoms with Crippen LogP contribution in [-0.4, -0.2) is 24.1 Å². The monoisotopic (exact) mass is 264 g/mol. The summed E-state index contributed by atoms with van der Waals surface area (Å²) in [5.74, 6) is 0.626. The van der Waals surface area contributed by atoms with Gasteiger partial charge in [-0.3, -0.25) is 10.1 Å². The van der Waals surface area contributed by atoms with Gasteiger partial charge >= 0.3 is 0 Å². The third-order valence-electron chi connectivity index (χ3n) is 3.73. The van der Waals surface area contributed by atoms with Crippen LogP contribution in [-0.2, 0) is 0 Å². The number of nitro groups is 1. The SMILES string of the molecule is CNC1CCCCC1Oc1cc([N+](=O)[O-])ccc1C. The molecule has 2 rings (SSSR count). The smallest absolute Gasteiger partial charge is 0.273 e. The fourth-order valence-corrected chi connectivity index (χ4v) is 2.56. The van der Waals surface area contributed by atoms with Crippen LogP contribution in [0.5, 0.6) is 5.75 Å². The lowest BCUT2D eigenvalue weighted by Gasteiger charge is -2.32. The van der Waals surface area contributed by atoms with E-state index in [-0.39, 0.29) is 16.7 Å². The van der Waals surface area contributed by atoms with Crippen LogP contribution in [0.25, 0.3) is 0 Å². The highest BCUT2D eigenvalue weighted by molar-refractivity contribution is 5.43. The Morgan fingerprint density at radius 2 is 2.11 bits per heavy atom. The van der Waals surface area contributed by atoms with Crippen molar-refractivity contribution in [2.24, 2.45) is 0 Å². The van der Waals surface area contributed by atoms with Gasteiger partial charge in [0.25, 0.3) is 5.69 Å². The van der Waals surface area contributed by atoms with E-state index in [0.29, 0.717) is 11.8 Å². The van der Waals surface area contributed by atoms with Gasteiger partial charge < -0.3 is 10.1 Å². The summed E-state index contributed by atoms with van der Waals surface area (Å²) < 4.78 is 6.01. The molecular weight excluding hydrogens is 244 g/mol. The molecule has 1 N–H and O–H groups in total. The predicted octanol–water partition coefficient (Wildman–Crippen LogP) is 2.81. The zero-order chi connectivity index (χ0) is 13.8. The highest BCUT2D eigenvalue weighted by atomic mass is 16.6. The van der Waals surface area contributed by atoms with E-state index < -0.39 is 0 Å². The number of hydrogen-bond acceptors (Lipinski definition) is 4. The second kappa shape index (κ2) is 6.02. The van der Waals surface area contributed by atoms with E-state index in [2.05, 4.69) is 5.32 Å². The summed E-state index contributed by atoms with van der Waals surface area (Å²) in [6.45, 7) is 1.91. The van der Waals surface area contributed by atoms with Gasteiger partial charge in [-0.05, 0) is 44.9 Å². The molecule has 0 radical (unpaired) electrons. The largest absolute Gasteiger partial charge is 0.488 e. The molecule has 0 bridgehead atoms. The molecule has 5 heteroatoms. The van der Waals surface area contributed by atoms with E-state index in [1.165, 1.54) is 18.6 Å². The van der Waals surface area contributed by atoms with Crippen molar-refractivity contribution in [3.05, 3.63) is 33.9 Å². The first-order valence-electron chi connectivity index (χ1n) is 6.71. The summed E-state index contributed by atoms with van der Waals surface area (Å²) in [5.41, 5.74) is 1.02. The van der Waals surface area contributed by atoms with Crippen molar-refractivity contribution in [2.45, 2.75) is 44.8 Å². The Hall–Kier alpha value is -1.62. The van der Waals surface area contributed by atoms with Gasteiger partial charge in [0.1, 0.15) is 11.9 Å². The highest BCUT2D eigenvalue weighted by Crippen LogP contribution is 2.29. The lowest BCUT2D eigenvalue weighted by Crippen LogP contribution is -2.43. The molecule has 1 aromatic carbocycles. The van der Waals surface area contributed by atoms with Gasteiger partial charge in [0.05, 0.1) is 11.0 Å². The molecule has 1 fully saturated rings. The highest BCUT2D eigenvalue weighted by Gasteiger charge is 2.26. The Balaban J connectivity index is 2.17. The molecule has 19 heavy (non-hydrogen) atoms. The number of non-ortho nitro benzene ring substituents is 1. The first-order chi connectivity index (χ1) is 9.11. The average Bonchev–Trinajstić information content (AvgIpc) is 2.41. The van der Waals surface area contributed by atoms with E-state index in [4.69, 9.17) is 4.74 Å². The first kappa shape index (κ1) is 13.8. The molecule has 104 valence electrons. The summed E-state index contributed by atoms with van der Waals surface area (Å²) in [5, 5.41) is 14.1. The fourth-order valence-electron chi connectivity index (χ4n) is 2.56. The third kappa shape index (κ3) is 3.23. The molecule has 0 spiro atoms. The second-order valence-electron chi connectivity index (χ2n) is 5.04. The van der Waals surface area contributed by atoms with Crippen molar-refractivity contribution in [2.75, 3.05) is 7.05 Å². The van der Waals surface area contributed by atoms with Gasteiger partial charge in [0.2, 0.25) is 0 Å². The first-order valence-corrected chi connectivity index (χ1v) is 6.71. The van der Waals surface area contributed by atoms with Crippen LogP contribution in [0.4, 0.5) is 5.69 Å². The van der Waals surface area contributed by atoms with Crippen molar-refractivity contribution in [1.29, 1.82) is 0 Å². The molecule has 1 saturated carbocycles. The van der Waals surface area contributed by atoms with Crippen molar-refractivity contribution in [3.8, 4) is 5.75 Å². The van der Waals surface area contributed by atoms with Gasteiger partial charge in [-0.1, -0.05) is 6.42 Å². The molecular formula is C14H20N2O3. The van der Waals surface area contributed by atoms with E-state index in [1.807, 2.05) is 14.0 Å². The quantitative estimate of drug-likeness (QED) is 0.671. The van der Waals surface area contributed by atoms with Crippen LogP contribution >= 0.6 is 0 Å². The van der Waals surface area contributed by atoms with Gasteiger partial charge in [-0.25, -0.2) is 0 Å². The number of aryl methyl sites for hydroxylation is 1. The Morgan fingerprint density at radius 3 is 2.79 bits per heavy atom. The molecule has 0 amide bonds. The van der Waals surface area contributed by atoms with Crippen LogP contribution < -0.4 is 10.1 Å². The lowest BCUT2D eigenvalue weighted by molar-refractivity contribution is -0.385. The number of benzene rings is 1. The second-order valence-corrected chi connectivity index (χ2v) is 5.04. The van der Waals surface area contributed by atoms with Crippen LogP contribution in [0.15, 0.2) is 18.2 Å². The maximum absolute atomic E-state index is 10.8. The van der Waals surface area contributed by atoms with Crippen molar-refractivity contribution in [1.82, 2.24) is 5.32 Å². The zero-order valence-electron chi connectivity index (χ0n) is 11.4. The number of nitrogens with zero attached hydrogens (tertiary/aromatic N) is 1. The van der Waals surface area contributed by atoms with Crippen molar-refractivity contribution >= 4 is 5.69 Å².